The molecule has 2 heterocycles. The Morgan fingerprint density at radius 1 is 1.24 bits per heavy atom. The second-order valence-corrected chi connectivity index (χ2v) is 8.14. The second-order valence-electron chi connectivity index (χ2n) is 7.78. The van der Waals surface area contributed by atoms with Crippen molar-refractivity contribution in [3.8, 4) is 0 Å². The smallest absolute Gasteiger partial charge is 0.383 e. The molecule has 0 bridgehead atoms. The van der Waals surface area contributed by atoms with Crippen molar-refractivity contribution >= 4 is 29.4 Å². The van der Waals surface area contributed by atoms with E-state index in [0.717, 1.165) is 12.8 Å². The second kappa shape index (κ2) is 9.42. The van der Waals surface area contributed by atoms with Crippen LogP contribution in [0, 0.1) is 0 Å². The summed E-state index contributed by atoms with van der Waals surface area (Å²) in [7, 11) is 0. The highest BCUT2D eigenvalue weighted by atomic mass is 35.5. The molecule has 0 spiro atoms. The van der Waals surface area contributed by atoms with Crippen molar-refractivity contribution in [3.05, 3.63) is 10.9 Å². The summed E-state index contributed by atoms with van der Waals surface area (Å²) in [5.74, 6) is -1.35. The molecule has 0 aromatic rings. The van der Waals surface area contributed by atoms with Crippen molar-refractivity contribution in [2.75, 3.05) is 13.5 Å². The van der Waals surface area contributed by atoms with E-state index in [4.69, 9.17) is 36.5 Å². The Morgan fingerprint density at radius 2 is 1.83 bits per heavy atom. The number of amidine groups is 1. The molecule has 0 saturated heterocycles. The molecular formula is C19H33ClN5O4+. The van der Waals surface area contributed by atoms with Crippen molar-refractivity contribution in [3.63, 3.8) is 0 Å². The number of aliphatic imine (C=N–C) groups is 2. The van der Waals surface area contributed by atoms with Gasteiger partial charge in [-0.25, -0.2) is 0 Å². The zero-order valence-corrected chi connectivity index (χ0v) is 18.9. The number of rotatable bonds is 10. The van der Waals surface area contributed by atoms with Gasteiger partial charge in [0.05, 0.1) is 12.2 Å². The Morgan fingerprint density at radius 3 is 2.31 bits per heavy atom. The molecule has 2 rings (SSSR count). The van der Waals surface area contributed by atoms with Crippen LogP contribution in [-0.2, 0) is 19.0 Å². The summed E-state index contributed by atoms with van der Waals surface area (Å²) in [6, 6.07) is 0. The van der Waals surface area contributed by atoms with Gasteiger partial charge >= 0.3 is 17.8 Å². The van der Waals surface area contributed by atoms with E-state index in [-0.39, 0.29) is 41.3 Å². The van der Waals surface area contributed by atoms with Gasteiger partial charge in [0.2, 0.25) is 0 Å². The van der Waals surface area contributed by atoms with Gasteiger partial charge in [0, 0.05) is 13.3 Å². The Kier molecular flexibility index (Phi) is 7.67. The van der Waals surface area contributed by atoms with E-state index < -0.39 is 11.8 Å². The molecule has 29 heavy (non-hydrogen) atoms. The number of nitrogens with two attached hydrogens (primary N) is 1. The predicted molar refractivity (Wildman–Crippen MR) is 112 cm³/mol. The normalized spacial score (nSPS) is 23.1. The first-order valence-electron chi connectivity index (χ1n) is 9.98. The summed E-state index contributed by atoms with van der Waals surface area (Å²) in [5.41, 5.74) is 6.76. The highest BCUT2D eigenvalue weighted by Crippen LogP contribution is 2.44. The molecule has 0 radical (unpaired) electrons. The molecule has 1 atom stereocenters. The molecule has 0 saturated carbocycles. The predicted octanol–water partition coefficient (Wildman–Crippen LogP) is 2.71. The summed E-state index contributed by atoms with van der Waals surface area (Å²) in [5, 5.41) is 3.30. The summed E-state index contributed by atoms with van der Waals surface area (Å²) < 4.78 is 17.4. The highest BCUT2D eigenvalue weighted by molar-refractivity contribution is 6.30. The fourth-order valence-corrected chi connectivity index (χ4v) is 3.37. The largest absolute Gasteiger partial charge is 0.407 e. The third kappa shape index (κ3) is 4.74. The van der Waals surface area contributed by atoms with Crippen LogP contribution < -0.4 is 11.1 Å². The van der Waals surface area contributed by atoms with Crippen LogP contribution in [-0.4, -0.2) is 53.8 Å². The van der Waals surface area contributed by atoms with Gasteiger partial charge in [-0.2, -0.15) is 14.5 Å². The van der Waals surface area contributed by atoms with Gasteiger partial charge in [0.15, 0.2) is 24.3 Å². The summed E-state index contributed by atoms with van der Waals surface area (Å²) in [6.07, 6.45) is 2.36. The Hall–Kier alpha value is -1.68. The lowest BCUT2D eigenvalue weighted by Gasteiger charge is -2.46. The van der Waals surface area contributed by atoms with Crippen LogP contribution in [0.25, 0.3) is 0 Å². The summed E-state index contributed by atoms with van der Waals surface area (Å²) >= 11 is 6.43. The first-order valence-corrected chi connectivity index (χ1v) is 10.4. The SMILES string of the molecule is CCCCC1=NC2(OC(C)=O)C(=C(Cl)N=C(N)[N+]2(COC(C)C)COC(C)C)N1. The van der Waals surface area contributed by atoms with Crippen molar-refractivity contribution in [1.82, 2.24) is 5.32 Å². The molecule has 1 unspecified atom stereocenters. The van der Waals surface area contributed by atoms with Gasteiger partial charge in [-0.05, 0) is 34.1 Å². The number of carbonyl (C=O) groups is 1. The van der Waals surface area contributed by atoms with E-state index >= 15 is 0 Å². The van der Waals surface area contributed by atoms with Crippen LogP contribution in [0.15, 0.2) is 20.8 Å². The van der Waals surface area contributed by atoms with Gasteiger partial charge in [-0.1, -0.05) is 24.9 Å². The van der Waals surface area contributed by atoms with Crippen LogP contribution in [0.5, 0.6) is 0 Å². The number of carbonyl (C=O) groups excluding carboxylic acids is 1. The maximum Gasteiger partial charge on any atom is 0.407 e. The van der Waals surface area contributed by atoms with Gasteiger partial charge in [0.1, 0.15) is 5.84 Å². The molecule has 0 aliphatic carbocycles. The molecule has 9 nitrogen and oxygen atoms in total. The average Bonchev–Trinajstić information content (AvgIpc) is 2.98. The average molecular weight is 431 g/mol. The molecular weight excluding hydrogens is 398 g/mol. The van der Waals surface area contributed by atoms with Crippen LogP contribution >= 0.6 is 11.6 Å². The first kappa shape index (κ1) is 23.6. The molecule has 0 fully saturated rings. The monoisotopic (exact) mass is 430 g/mol. The van der Waals surface area contributed by atoms with Gasteiger partial charge in [-0.3, -0.25) is 4.79 Å². The number of nitrogens with one attached hydrogen (secondary N) is 1. The minimum Gasteiger partial charge on any atom is -0.383 e. The minimum absolute atomic E-state index is 0.0346. The van der Waals surface area contributed by atoms with E-state index in [1.54, 1.807) is 0 Å². The number of quaternary nitrogens is 1. The molecule has 164 valence electrons. The zero-order valence-electron chi connectivity index (χ0n) is 18.1. The zero-order chi connectivity index (χ0) is 21.8. The third-order valence-corrected chi connectivity index (χ3v) is 4.90. The standard InChI is InChI=1S/C19H33ClN5O4/c1-7-8-9-15-22-16-17(20)23-18(21)25(10-27-12(2)3,11-28-13(4)5)19(16,24-15)29-14(6)26/h12-13H,7-11H2,1-6H3,(H2,21,23)(H,22,24)/q+1. The fraction of sp³-hybridized carbons (Fsp3) is 0.737. The number of esters is 1. The fourth-order valence-electron chi connectivity index (χ4n) is 3.12. The summed E-state index contributed by atoms with van der Waals surface area (Å²) in [6.45, 7) is 11.1. The van der Waals surface area contributed by atoms with Crippen molar-refractivity contribution < 1.29 is 23.5 Å². The van der Waals surface area contributed by atoms with Crippen molar-refractivity contribution in [2.45, 2.75) is 78.9 Å². The number of halogens is 1. The molecule has 2 aliphatic rings. The van der Waals surface area contributed by atoms with Crippen LogP contribution in [0.4, 0.5) is 0 Å². The van der Waals surface area contributed by atoms with E-state index in [1.165, 1.54) is 6.92 Å². The third-order valence-electron chi connectivity index (χ3n) is 4.63. The molecule has 10 heteroatoms. The number of guanidine groups is 1. The van der Waals surface area contributed by atoms with Gasteiger partial charge in [0.25, 0.3) is 0 Å². The number of ether oxygens (including phenoxy) is 3. The lowest BCUT2D eigenvalue weighted by Crippen LogP contribution is -2.73. The first-order chi connectivity index (χ1) is 13.6. The number of hydrogen-bond donors (Lipinski definition) is 2. The molecule has 2 aliphatic heterocycles. The molecule has 0 amide bonds. The Labute approximate surface area is 177 Å². The van der Waals surface area contributed by atoms with Crippen molar-refractivity contribution in [2.24, 2.45) is 15.7 Å². The van der Waals surface area contributed by atoms with Crippen LogP contribution in [0.2, 0.25) is 0 Å². The Balaban J connectivity index is 2.66. The lowest BCUT2D eigenvalue weighted by molar-refractivity contribution is -0.949. The highest BCUT2D eigenvalue weighted by Gasteiger charge is 2.67. The molecule has 0 aromatic heterocycles. The molecule has 3 N–H and O–H groups in total. The van der Waals surface area contributed by atoms with Crippen LogP contribution in [0.3, 0.4) is 0 Å². The maximum absolute atomic E-state index is 12.2. The summed E-state index contributed by atoms with van der Waals surface area (Å²) in [4.78, 5) is 21.3. The van der Waals surface area contributed by atoms with E-state index in [9.17, 15) is 4.79 Å². The lowest BCUT2D eigenvalue weighted by atomic mass is 10.2. The van der Waals surface area contributed by atoms with Gasteiger partial charge < -0.3 is 25.3 Å². The van der Waals surface area contributed by atoms with Crippen LogP contribution in [0.1, 0.15) is 60.8 Å². The number of fused-ring (bicyclic) bond motifs is 1. The number of unbranched alkanes of at least 4 members (excludes halogenated alkanes) is 1. The molecule has 0 aromatic carbocycles. The van der Waals surface area contributed by atoms with Gasteiger partial charge in [-0.15, -0.1) is 0 Å². The van der Waals surface area contributed by atoms with E-state index in [1.807, 2.05) is 27.7 Å². The van der Waals surface area contributed by atoms with E-state index in [0.29, 0.717) is 18.0 Å². The minimum atomic E-state index is -1.58. The van der Waals surface area contributed by atoms with Crippen molar-refractivity contribution in [1.29, 1.82) is 0 Å². The topological polar surface area (TPSA) is 108 Å². The quantitative estimate of drug-likeness (QED) is 0.313. The number of hydrogen-bond acceptors (Lipinski definition) is 8. The number of nitrogens with zero attached hydrogens (tertiary/aromatic N) is 3. The van der Waals surface area contributed by atoms with E-state index in [2.05, 4.69) is 17.2 Å². The maximum atomic E-state index is 12.2. The Bertz CT molecular complexity index is 707.